The number of nitrogens with one attached hydrogen (secondary N) is 1. The van der Waals surface area contributed by atoms with E-state index in [1.807, 2.05) is 26.0 Å². The Labute approximate surface area is 124 Å². The molecule has 0 radical (unpaired) electrons. The van der Waals surface area contributed by atoms with Crippen molar-refractivity contribution in [3.8, 4) is 5.75 Å². The minimum absolute atomic E-state index is 0.0357. The molecular weight excluding hydrogens is 270 g/mol. The molecule has 6 heteroatoms. The maximum Gasteiger partial charge on any atom is 0.311 e. The van der Waals surface area contributed by atoms with E-state index in [9.17, 15) is 10.1 Å². The molecule has 21 heavy (non-hydrogen) atoms. The highest BCUT2D eigenvalue weighted by molar-refractivity contribution is 5.60. The SMILES string of the molecule is CC(C)Oc1cc(N2C[C@H]3CNC[C@H]3C2)ccc1[N+](=O)[O-]. The van der Waals surface area contributed by atoms with Crippen molar-refractivity contribution in [3.05, 3.63) is 28.3 Å². The molecule has 2 aliphatic heterocycles. The molecule has 1 aromatic carbocycles. The number of hydrogen-bond donors (Lipinski definition) is 1. The second-order valence-electron chi connectivity index (χ2n) is 6.16. The van der Waals surface area contributed by atoms with E-state index in [0.29, 0.717) is 17.6 Å². The third-order valence-electron chi connectivity index (χ3n) is 4.26. The zero-order valence-electron chi connectivity index (χ0n) is 12.4. The highest BCUT2D eigenvalue weighted by atomic mass is 16.6. The summed E-state index contributed by atoms with van der Waals surface area (Å²) in [5.74, 6) is 1.74. The molecule has 114 valence electrons. The number of anilines is 1. The van der Waals surface area contributed by atoms with Crippen molar-refractivity contribution in [2.24, 2.45) is 11.8 Å². The van der Waals surface area contributed by atoms with Gasteiger partial charge in [-0.05, 0) is 31.7 Å². The summed E-state index contributed by atoms with van der Waals surface area (Å²) < 4.78 is 5.62. The van der Waals surface area contributed by atoms with E-state index >= 15 is 0 Å². The topological polar surface area (TPSA) is 67.6 Å². The highest BCUT2D eigenvalue weighted by Crippen LogP contribution is 2.36. The third kappa shape index (κ3) is 2.81. The molecule has 3 rings (SSSR count). The summed E-state index contributed by atoms with van der Waals surface area (Å²) in [6.07, 6.45) is -0.0823. The molecule has 0 bridgehead atoms. The van der Waals surface area contributed by atoms with Crippen LogP contribution < -0.4 is 15.0 Å². The van der Waals surface area contributed by atoms with Crippen LogP contribution in [0.25, 0.3) is 0 Å². The van der Waals surface area contributed by atoms with Crippen LogP contribution in [-0.4, -0.2) is 37.2 Å². The first-order valence-corrected chi connectivity index (χ1v) is 7.45. The summed E-state index contributed by atoms with van der Waals surface area (Å²) in [7, 11) is 0. The fourth-order valence-electron chi connectivity index (χ4n) is 3.26. The molecule has 2 heterocycles. The number of benzene rings is 1. The Morgan fingerprint density at radius 2 is 2.00 bits per heavy atom. The first-order valence-electron chi connectivity index (χ1n) is 7.45. The number of nitro groups is 1. The van der Waals surface area contributed by atoms with Gasteiger partial charge in [-0.3, -0.25) is 10.1 Å². The van der Waals surface area contributed by atoms with Crippen LogP contribution in [0.15, 0.2) is 18.2 Å². The van der Waals surface area contributed by atoms with Gasteiger partial charge in [0, 0.05) is 44.0 Å². The molecule has 2 fully saturated rings. The molecule has 0 amide bonds. The van der Waals surface area contributed by atoms with Gasteiger partial charge in [-0.2, -0.15) is 0 Å². The molecular formula is C15H21N3O3. The molecule has 6 nitrogen and oxygen atoms in total. The van der Waals surface area contributed by atoms with E-state index in [0.717, 1.165) is 31.9 Å². The Kier molecular flexibility index (Phi) is 3.71. The van der Waals surface area contributed by atoms with Crippen molar-refractivity contribution in [3.63, 3.8) is 0 Å². The van der Waals surface area contributed by atoms with Crippen molar-refractivity contribution < 1.29 is 9.66 Å². The lowest BCUT2D eigenvalue weighted by atomic mass is 10.0. The minimum Gasteiger partial charge on any atom is -0.484 e. The van der Waals surface area contributed by atoms with Crippen LogP contribution in [0.4, 0.5) is 11.4 Å². The molecule has 1 N–H and O–H groups in total. The molecule has 0 unspecified atom stereocenters. The van der Waals surface area contributed by atoms with Gasteiger partial charge in [-0.15, -0.1) is 0 Å². The van der Waals surface area contributed by atoms with E-state index in [-0.39, 0.29) is 16.7 Å². The quantitative estimate of drug-likeness (QED) is 0.679. The summed E-state index contributed by atoms with van der Waals surface area (Å²) in [4.78, 5) is 13.0. The van der Waals surface area contributed by atoms with Crippen LogP contribution in [0.3, 0.4) is 0 Å². The van der Waals surface area contributed by atoms with Gasteiger partial charge in [0.25, 0.3) is 0 Å². The molecule has 0 spiro atoms. The number of rotatable bonds is 4. The van der Waals surface area contributed by atoms with E-state index < -0.39 is 0 Å². The Hall–Kier alpha value is -1.82. The summed E-state index contributed by atoms with van der Waals surface area (Å²) >= 11 is 0. The normalized spacial score (nSPS) is 24.4. The Morgan fingerprint density at radius 1 is 1.33 bits per heavy atom. The van der Waals surface area contributed by atoms with Crippen LogP contribution >= 0.6 is 0 Å². The first-order chi connectivity index (χ1) is 10.0. The molecule has 0 aromatic heterocycles. The first kappa shape index (κ1) is 14.1. The lowest BCUT2D eigenvalue weighted by Gasteiger charge is -2.21. The van der Waals surface area contributed by atoms with Crippen LogP contribution in [0.2, 0.25) is 0 Å². The average molecular weight is 291 g/mol. The van der Waals surface area contributed by atoms with E-state index in [4.69, 9.17) is 4.74 Å². The number of fused-ring (bicyclic) bond motifs is 1. The second kappa shape index (κ2) is 5.52. The fraction of sp³-hybridized carbons (Fsp3) is 0.600. The van der Waals surface area contributed by atoms with Gasteiger partial charge in [-0.1, -0.05) is 0 Å². The molecule has 2 atom stereocenters. The Balaban J connectivity index is 1.84. The summed E-state index contributed by atoms with van der Waals surface area (Å²) in [5.41, 5.74) is 1.05. The zero-order valence-corrected chi connectivity index (χ0v) is 12.4. The number of hydrogen-bond acceptors (Lipinski definition) is 5. The largest absolute Gasteiger partial charge is 0.484 e. The Morgan fingerprint density at radius 3 is 2.57 bits per heavy atom. The van der Waals surface area contributed by atoms with Gasteiger partial charge in [0.05, 0.1) is 11.0 Å². The predicted octanol–water partition coefficient (Wildman–Crippen LogP) is 2.04. The van der Waals surface area contributed by atoms with Gasteiger partial charge in [0.15, 0.2) is 5.75 Å². The standard InChI is InChI=1S/C15H21N3O3/c1-10(2)21-15-5-13(3-4-14(15)18(19)20)17-8-11-6-16-7-12(11)9-17/h3-5,10-12,16H,6-9H2,1-2H3/t11-,12+. The third-order valence-corrected chi connectivity index (χ3v) is 4.26. The predicted molar refractivity (Wildman–Crippen MR) is 80.9 cm³/mol. The zero-order chi connectivity index (χ0) is 15.0. The number of ether oxygens (including phenoxy) is 1. The van der Waals surface area contributed by atoms with Gasteiger partial charge in [0.2, 0.25) is 0 Å². The van der Waals surface area contributed by atoms with Gasteiger partial charge in [-0.25, -0.2) is 0 Å². The van der Waals surface area contributed by atoms with E-state index in [1.165, 1.54) is 0 Å². The van der Waals surface area contributed by atoms with Crippen LogP contribution in [0.5, 0.6) is 5.75 Å². The van der Waals surface area contributed by atoms with Crippen molar-refractivity contribution in [2.75, 3.05) is 31.1 Å². The molecule has 0 aliphatic carbocycles. The minimum atomic E-state index is -0.385. The average Bonchev–Trinajstić information content (AvgIpc) is 2.98. The number of nitrogens with zero attached hydrogens (tertiary/aromatic N) is 2. The van der Waals surface area contributed by atoms with Gasteiger partial charge < -0.3 is 15.0 Å². The van der Waals surface area contributed by atoms with Crippen molar-refractivity contribution in [2.45, 2.75) is 20.0 Å². The molecule has 0 saturated carbocycles. The smallest absolute Gasteiger partial charge is 0.311 e. The van der Waals surface area contributed by atoms with Crippen molar-refractivity contribution >= 4 is 11.4 Å². The monoisotopic (exact) mass is 291 g/mol. The van der Waals surface area contributed by atoms with Crippen molar-refractivity contribution in [1.29, 1.82) is 0 Å². The van der Waals surface area contributed by atoms with Gasteiger partial charge >= 0.3 is 5.69 Å². The van der Waals surface area contributed by atoms with Crippen LogP contribution in [0.1, 0.15) is 13.8 Å². The summed E-state index contributed by atoms with van der Waals surface area (Å²) in [5, 5.41) is 14.5. The number of nitro benzene ring substituents is 1. The van der Waals surface area contributed by atoms with Crippen LogP contribution in [-0.2, 0) is 0 Å². The lowest BCUT2D eigenvalue weighted by Crippen LogP contribution is -2.25. The molecule has 2 saturated heterocycles. The van der Waals surface area contributed by atoms with E-state index in [2.05, 4.69) is 10.2 Å². The Bertz CT molecular complexity index is 535. The fourth-order valence-corrected chi connectivity index (χ4v) is 3.26. The summed E-state index contributed by atoms with van der Waals surface area (Å²) in [6.45, 7) is 7.92. The lowest BCUT2D eigenvalue weighted by molar-refractivity contribution is -0.386. The van der Waals surface area contributed by atoms with Crippen molar-refractivity contribution in [1.82, 2.24) is 5.32 Å². The summed E-state index contributed by atoms with van der Waals surface area (Å²) in [6, 6.07) is 5.20. The highest BCUT2D eigenvalue weighted by Gasteiger charge is 2.36. The maximum absolute atomic E-state index is 11.1. The molecule has 2 aliphatic rings. The van der Waals surface area contributed by atoms with Gasteiger partial charge in [0.1, 0.15) is 0 Å². The maximum atomic E-state index is 11.1. The van der Waals surface area contributed by atoms with Crippen LogP contribution in [0, 0.1) is 22.0 Å². The van der Waals surface area contributed by atoms with E-state index in [1.54, 1.807) is 6.07 Å². The molecule has 1 aromatic rings. The second-order valence-corrected chi connectivity index (χ2v) is 6.16.